The lowest BCUT2D eigenvalue weighted by molar-refractivity contribution is 0.644. The zero-order valence-electron chi connectivity index (χ0n) is 11.0. The number of benzene rings is 1. The molecule has 0 unspecified atom stereocenters. The Hall–Kier alpha value is -0.670. The standard InChI is InChI=1S/C14H22N2S/c1-14(2)11-16(8-9-17-14)13-7-5-4-6-12(13)10-15-3/h4-7,15H,8-11H2,1-3H3. The third-order valence-corrected chi connectivity index (χ3v) is 4.42. The highest BCUT2D eigenvalue weighted by atomic mass is 32.2. The minimum atomic E-state index is 0.366. The Morgan fingerprint density at radius 3 is 2.82 bits per heavy atom. The summed E-state index contributed by atoms with van der Waals surface area (Å²) < 4.78 is 0.366. The predicted octanol–water partition coefficient (Wildman–Crippen LogP) is 2.74. The van der Waals surface area contributed by atoms with E-state index >= 15 is 0 Å². The summed E-state index contributed by atoms with van der Waals surface area (Å²) in [6, 6.07) is 8.74. The number of para-hydroxylation sites is 1. The van der Waals surface area contributed by atoms with E-state index in [2.05, 4.69) is 60.1 Å². The highest BCUT2D eigenvalue weighted by Crippen LogP contribution is 2.33. The van der Waals surface area contributed by atoms with Crippen LogP contribution < -0.4 is 10.2 Å². The molecule has 1 aliphatic rings. The molecular weight excluding hydrogens is 228 g/mol. The van der Waals surface area contributed by atoms with Crippen molar-refractivity contribution >= 4 is 17.4 Å². The molecule has 0 aromatic heterocycles. The molecule has 1 aromatic carbocycles. The van der Waals surface area contributed by atoms with Crippen LogP contribution in [0.3, 0.4) is 0 Å². The largest absolute Gasteiger partial charge is 0.369 e. The Morgan fingerprint density at radius 1 is 1.35 bits per heavy atom. The van der Waals surface area contributed by atoms with Crippen molar-refractivity contribution < 1.29 is 0 Å². The van der Waals surface area contributed by atoms with Crippen LogP contribution in [0.25, 0.3) is 0 Å². The molecule has 17 heavy (non-hydrogen) atoms. The third-order valence-electron chi connectivity index (χ3n) is 3.13. The predicted molar refractivity (Wildman–Crippen MR) is 78.0 cm³/mol. The number of nitrogens with one attached hydrogen (secondary N) is 1. The Kier molecular flexibility index (Phi) is 4.00. The fraction of sp³-hybridized carbons (Fsp3) is 0.571. The van der Waals surface area contributed by atoms with Gasteiger partial charge in [0.15, 0.2) is 0 Å². The molecule has 1 saturated heterocycles. The maximum atomic E-state index is 3.25. The summed E-state index contributed by atoms with van der Waals surface area (Å²) in [6.45, 7) is 7.92. The highest BCUT2D eigenvalue weighted by Gasteiger charge is 2.27. The molecule has 0 radical (unpaired) electrons. The third kappa shape index (κ3) is 3.17. The van der Waals surface area contributed by atoms with E-state index < -0.39 is 0 Å². The summed E-state index contributed by atoms with van der Waals surface area (Å²) in [4.78, 5) is 2.53. The molecule has 2 rings (SSSR count). The molecule has 0 spiro atoms. The summed E-state index contributed by atoms with van der Waals surface area (Å²) in [5.74, 6) is 1.22. The summed E-state index contributed by atoms with van der Waals surface area (Å²) in [5.41, 5.74) is 2.80. The monoisotopic (exact) mass is 250 g/mol. The number of hydrogen-bond acceptors (Lipinski definition) is 3. The van der Waals surface area contributed by atoms with Gasteiger partial charge in [-0.1, -0.05) is 18.2 Å². The minimum Gasteiger partial charge on any atom is -0.369 e. The molecule has 0 amide bonds. The summed E-state index contributed by atoms with van der Waals surface area (Å²) in [7, 11) is 2.01. The molecular formula is C14H22N2S. The van der Waals surface area contributed by atoms with E-state index in [-0.39, 0.29) is 0 Å². The van der Waals surface area contributed by atoms with E-state index in [1.807, 2.05) is 7.05 Å². The van der Waals surface area contributed by atoms with Gasteiger partial charge in [0.25, 0.3) is 0 Å². The van der Waals surface area contributed by atoms with E-state index in [4.69, 9.17) is 0 Å². The fourth-order valence-electron chi connectivity index (χ4n) is 2.38. The first-order valence-electron chi connectivity index (χ1n) is 6.24. The second kappa shape index (κ2) is 5.32. The lowest BCUT2D eigenvalue weighted by atomic mass is 10.1. The topological polar surface area (TPSA) is 15.3 Å². The van der Waals surface area contributed by atoms with Crippen LogP contribution in [0.15, 0.2) is 24.3 Å². The van der Waals surface area contributed by atoms with Crippen LogP contribution in [-0.2, 0) is 6.54 Å². The average Bonchev–Trinajstić information content (AvgIpc) is 2.29. The molecule has 1 aromatic rings. The van der Waals surface area contributed by atoms with Crippen molar-refractivity contribution in [1.82, 2.24) is 5.32 Å². The first kappa shape index (κ1) is 12.8. The summed E-state index contributed by atoms with van der Waals surface area (Å²) >= 11 is 2.08. The first-order chi connectivity index (χ1) is 8.12. The minimum absolute atomic E-state index is 0.366. The maximum Gasteiger partial charge on any atom is 0.0412 e. The quantitative estimate of drug-likeness (QED) is 0.888. The molecule has 1 fully saturated rings. The molecule has 1 heterocycles. The Morgan fingerprint density at radius 2 is 2.12 bits per heavy atom. The molecule has 0 bridgehead atoms. The van der Waals surface area contributed by atoms with Gasteiger partial charge in [-0.2, -0.15) is 11.8 Å². The van der Waals surface area contributed by atoms with Gasteiger partial charge in [0, 0.05) is 35.8 Å². The Labute approximate surface area is 109 Å². The zero-order chi connectivity index (χ0) is 12.3. The van der Waals surface area contributed by atoms with Gasteiger partial charge in [0.05, 0.1) is 0 Å². The molecule has 3 heteroatoms. The molecule has 2 nitrogen and oxygen atoms in total. The van der Waals surface area contributed by atoms with Gasteiger partial charge in [0.1, 0.15) is 0 Å². The van der Waals surface area contributed by atoms with Crippen molar-refractivity contribution in [2.24, 2.45) is 0 Å². The van der Waals surface area contributed by atoms with Gasteiger partial charge in [-0.05, 0) is 32.5 Å². The number of thioether (sulfide) groups is 1. The molecule has 0 saturated carbocycles. The van der Waals surface area contributed by atoms with Crippen molar-refractivity contribution in [2.45, 2.75) is 25.1 Å². The Bertz CT molecular complexity index is 376. The summed E-state index contributed by atoms with van der Waals surface area (Å²) in [6.07, 6.45) is 0. The Balaban J connectivity index is 2.21. The van der Waals surface area contributed by atoms with Gasteiger partial charge in [-0.3, -0.25) is 0 Å². The lowest BCUT2D eigenvalue weighted by Crippen LogP contribution is -2.43. The van der Waals surface area contributed by atoms with Crippen LogP contribution in [-0.4, -0.2) is 30.6 Å². The van der Waals surface area contributed by atoms with E-state index in [0.29, 0.717) is 4.75 Å². The fourth-order valence-corrected chi connectivity index (χ4v) is 3.49. The second-order valence-electron chi connectivity index (χ2n) is 5.19. The zero-order valence-corrected chi connectivity index (χ0v) is 11.8. The van der Waals surface area contributed by atoms with Gasteiger partial charge in [-0.25, -0.2) is 0 Å². The smallest absolute Gasteiger partial charge is 0.0412 e. The molecule has 1 N–H and O–H groups in total. The second-order valence-corrected chi connectivity index (χ2v) is 6.99. The normalized spacial score (nSPS) is 19.4. The van der Waals surface area contributed by atoms with Gasteiger partial charge in [-0.15, -0.1) is 0 Å². The number of anilines is 1. The van der Waals surface area contributed by atoms with Crippen LogP contribution in [0, 0.1) is 0 Å². The van der Waals surface area contributed by atoms with Crippen LogP contribution in [0.2, 0.25) is 0 Å². The van der Waals surface area contributed by atoms with Crippen LogP contribution in [0.1, 0.15) is 19.4 Å². The van der Waals surface area contributed by atoms with Crippen molar-refractivity contribution in [3.8, 4) is 0 Å². The van der Waals surface area contributed by atoms with E-state index in [1.165, 1.54) is 17.0 Å². The lowest BCUT2D eigenvalue weighted by Gasteiger charge is -2.39. The maximum absolute atomic E-state index is 3.25. The molecule has 1 aliphatic heterocycles. The molecule has 0 atom stereocenters. The number of hydrogen-bond donors (Lipinski definition) is 1. The van der Waals surface area contributed by atoms with E-state index in [9.17, 15) is 0 Å². The van der Waals surface area contributed by atoms with E-state index in [0.717, 1.165) is 19.6 Å². The molecule has 0 aliphatic carbocycles. The average molecular weight is 250 g/mol. The summed E-state index contributed by atoms with van der Waals surface area (Å²) in [5, 5.41) is 3.25. The van der Waals surface area contributed by atoms with Gasteiger partial charge >= 0.3 is 0 Å². The van der Waals surface area contributed by atoms with Crippen molar-refractivity contribution in [3.05, 3.63) is 29.8 Å². The van der Waals surface area contributed by atoms with Gasteiger partial charge < -0.3 is 10.2 Å². The van der Waals surface area contributed by atoms with Crippen molar-refractivity contribution in [2.75, 3.05) is 30.8 Å². The SMILES string of the molecule is CNCc1ccccc1N1CCSC(C)(C)C1. The van der Waals surface area contributed by atoms with Crippen LogP contribution >= 0.6 is 11.8 Å². The molecule has 94 valence electrons. The van der Waals surface area contributed by atoms with E-state index in [1.54, 1.807) is 0 Å². The first-order valence-corrected chi connectivity index (χ1v) is 7.22. The van der Waals surface area contributed by atoms with Crippen molar-refractivity contribution in [1.29, 1.82) is 0 Å². The highest BCUT2D eigenvalue weighted by molar-refractivity contribution is 8.00. The van der Waals surface area contributed by atoms with Crippen LogP contribution in [0.4, 0.5) is 5.69 Å². The van der Waals surface area contributed by atoms with Crippen LogP contribution in [0.5, 0.6) is 0 Å². The van der Waals surface area contributed by atoms with Crippen molar-refractivity contribution in [3.63, 3.8) is 0 Å². The number of rotatable bonds is 3. The number of nitrogens with zero attached hydrogens (tertiary/aromatic N) is 1. The van der Waals surface area contributed by atoms with Gasteiger partial charge in [0.2, 0.25) is 0 Å².